The minimum Gasteiger partial charge on any atom is -0.445 e. The number of aliphatic hydroxyl groups excluding tert-OH is 2. The van der Waals surface area contributed by atoms with E-state index in [-0.39, 0.29) is 35.0 Å². The Morgan fingerprint density at radius 2 is 1.93 bits per heavy atom. The highest BCUT2D eigenvalue weighted by molar-refractivity contribution is 5.80. The Balaban J connectivity index is 1.55. The first-order valence-electron chi connectivity index (χ1n) is 10.0. The second-order valence-corrected chi connectivity index (χ2v) is 9.50. The fraction of sp³-hybridized carbons (Fsp3) is 0.800. The van der Waals surface area contributed by atoms with Crippen molar-refractivity contribution in [1.29, 1.82) is 0 Å². The smallest absolute Gasteiger partial charge is 0.226 e. The molecule has 1 saturated heterocycles. The first-order valence-corrected chi connectivity index (χ1v) is 10.0. The van der Waals surface area contributed by atoms with Gasteiger partial charge in [-0.2, -0.15) is 0 Å². The minimum absolute atomic E-state index is 0.0646. The van der Waals surface area contributed by atoms with Crippen LogP contribution < -0.4 is 5.32 Å². The van der Waals surface area contributed by atoms with Crippen LogP contribution in [0.5, 0.6) is 0 Å². The number of hydrogen-bond acceptors (Lipinski definition) is 6. The van der Waals surface area contributed by atoms with Crippen LogP contribution in [0.1, 0.15) is 45.0 Å². The average Bonchev–Trinajstić information content (AvgIpc) is 3.25. The van der Waals surface area contributed by atoms with E-state index in [1.54, 1.807) is 0 Å². The van der Waals surface area contributed by atoms with Crippen molar-refractivity contribution in [2.24, 2.45) is 23.7 Å². The molecule has 3 heterocycles. The number of aromatic nitrogens is 1. The van der Waals surface area contributed by atoms with Gasteiger partial charge >= 0.3 is 0 Å². The van der Waals surface area contributed by atoms with E-state index in [4.69, 9.17) is 4.42 Å². The zero-order valence-corrected chi connectivity index (χ0v) is 16.6. The van der Waals surface area contributed by atoms with Crippen LogP contribution in [0.2, 0.25) is 0 Å². The maximum Gasteiger partial charge on any atom is 0.226 e. The average molecular weight is 377 g/mol. The first-order chi connectivity index (χ1) is 12.7. The van der Waals surface area contributed by atoms with Crippen molar-refractivity contribution in [3.8, 4) is 0 Å². The lowest BCUT2D eigenvalue weighted by molar-refractivity contribution is -0.156. The molecule has 6 atom stereocenters. The van der Waals surface area contributed by atoms with Gasteiger partial charge in [-0.25, -0.2) is 4.98 Å². The summed E-state index contributed by atoms with van der Waals surface area (Å²) < 4.78 is 5.93. The third-order valence-corrected chi connectivity index (χ3v) is 6.63. The fourth-order valence-corrected chi connectivity index (χ4v) is 4.98. The van der Waals surface area contributed by atoms with Crippen molar-refractivity contribution in [3.63, 3.8) is 0 Å². The van der Waals surface area contributed by atoms with Crippen LogP contribution in [0.4, 0.5) is 0 Å². The SMILES string of the molecule is C[C@H]1[C@H](O)[C@@H](O)[C@H]2CNC[C@@H]2[C@H]1C(=O)N1CCc2oc(C(C)(C)C)nc2C1. The molecular formula is C20H31N3O4. The lowest BCUT2D eigenvalue weighted by atomic mass is 9.65. The lowest BCUT2D eigenvalue weighted by Crippen LogP contribution is -2.56. The van der Waals surface area contributed by atoms with Crippen LogP contribution in [0, 0.1) is 23.7 Å². The van der Waals surface area contributed by atoms with E-state index < -0.39 is 12.2 Å². The van der Waals surface area contributed by atoms with Crippen molar-refractivity contribution in [3.05, 3.63) is 17.3 Å². The molecule has 0 spiro atoms. The molecule has 150 valence electrons. The molecule has 0 aromatic carbocycles. The van der Waals surface area contributed by atoms with Crippen molar-refractivity contribution in [2.75, 3.05) is 19.6 Å². The van der Waals surface area contributed by atoms with Gasteiger partial charge in [-0.15, -0.1) is 0 Å². The molecule has 1 aromatic rings. The second-order valence-electron chi connectivity index (χ2n) is 9.50. The third kappa shape index (κ3) is 3.09. The standard InChI is InChI=1S/C20H31N3O4/c1-10-15(11-7-21-8-12(11)17(25)16(10)24)18(26)23-6-5-14-13(9-23)22-19(27-14)20(2,3)4/h10-12,15-17,21,24-25H,5-9H2,1-4H3/t10-,11+,12+,15+,16+,17+/m1/s1. The van der Waals surface area contributed by atoms with Gasteiger partial charge in [0, 0.05) is 36.8 Å². The second kappa shape index (κ2) is 6.57. The molecule has 3 aliphatic rings. The minimum atomic E-state index is -0.861. The van der Waals surface area contributed by atoms with Crippen LogP contribution in [-0.2, 0) is 23.2 Å². The topological polar surface area (TPSA) is 98.8 Å². The summed E-state index contributed by atoms with van der Waals surface area (Å²) in [6.45, 7) is 10.5. The lowest BCUT2D eigenvalue weighted by Gasteiger charge is -2.45. The molecule has 2 aliphatic heterocycles. The summed E-state index contributed by atoms with van der Waals surface area (Å²) in [5.41, 5.74) is 0.692. The van der Waals surface area contributed by atoms with Crippen molar-refractivity contribution < 1.29 is 19.4 Å². The van der Waals surface area contributed by atoms with Crippen LogP contribution in [0.3, 0.4) is 0 Å². The molecule has 0 bridgehead atoms. The number of fused-ring (bicyclic) bond motifs is 2. The van der Waals surface area contributed by atoms with Crippen LogP contribution >= 0.6 is 0 Å². The number of hydrogen-bond donors (Lipinski definition) is 3. The molecule has 1 aliphatic carbocycles. The summed E-state index contributed by atoms with van der Waals surface area (Å²) in [5.74, 6) is 1.12. The summed E-state index contributed by atoms with van der Waals surface area (Å²) in [6, 6.07) is 0. The first kappa shape index (κ1) is 18.9. The van der Waals surface area contributed by atoms with E-state index in [0.29, 0.717) is 38.5 Å². The molecule has 2 fully saturated rings. The number of nitrogens with zero attached hydrogens (tertiary/aromatic N) is 2. The molecule has 3 N–H and O–H groups in total. The quantitative estimate of drug-likeness (QED) is 0.666. The van der Waals surface area contributed by atoms with E-state index in [0.717, 1.165) is 11.5 Å². The summed E-state index contributed by atoms with van der Waals surface area (Å²) in [6.07, 6.45) is -0.954. The van der Waals surface area contributed by atoms with Crippen molar-refractivity contribution in [2.45, 2.75) is 58.3 Å². The predicted molar refractivity (Wildman–Crippen MR) is 98.8 cm³/mol. The van der Waals surface area contributed by atoms with Gasteiger partial charge in [-0.1, -0.05) is 27.7 Å². The molecule has 4 rings (SSSR count). The highest BCUT2D eigenvalue weighted by atomic mass is 16.4. The number of oxazole rings is 1. The van der Waals surface area contributed by atoms with Gasteiger partial charge in [-0.05, 0) is 18.4 Å². The van der Waals surface area contributed by atoms with E-state index in [1.165, 1.54) is 0 Å². The van der Waals surface area contributed by atoms with Crippen molar-refractivity contribution in [1.82, 2.24) is 15.2 Å². The predicted octanol–water partition coefficient (Wildman–Crippen LogP) is 0.680. The zero-order valence-electron chi connectivity index (χ0n) is 16.6. The van der Waals surface area contributed by atoms with Gasteiger partial charge in [-0.3, -0.25) is 4.79 Å². The highest BCUT2D eigenvalue weighted by Crippen LogP contribution is 2.42. The van der Waals surface area contributed by atoms with Gasteiger partial charge in [0.2, 0.25) is 5.91 Å². The monoisotopic (exact) mass is 377 g/mol. The number of amides is 1. The van der Waals surface area contributed by atoms with Gasteiger partial charge in [0.15, 0.2) is 5.89 Å². The Morgan fingerprint density at radius 3 is 2.63 bits per heavy atom. The molecule has 7 nitrogen and oxygen atoms in total. The Hall–Kier alpha value is -1.44. The Kier molecular flexibility index (Phi) is 4.60. The number of rotatable bonds is 1. The number of carbonyl (C=O) groups is 1. The van der Waals surface area contributed by atoms with Crippen molar-refractivity contribution >= 4 is 5.91 Å². The largest absolute Gasteiger partial charge is 0.445 e. The number of carbonyl (C=O) groups excluding carboxylic acids is 1. The number of nitrogens with one attached hydrogen (secondary N) is 1. The van der Waals surface area contributed by atoms with Crippen LogP contribution in [0.25, 0.3) is 0 Å². The molecule has 0 unspecified atom stereocenters. The summed E-state index contributed by atoms with van der Waals surface area (Å²) in [7, 11) is 0. The Morgan fingerprint density at radius 1 is 1.22 bits per heavy atom. The molecule has 1 saturated carbocycles. The molecular weight excluding hydrogens is 346 g/mol. The number of aliphatic hydroxyl groups is 2. The molecule has 0 radical (unpaired) electrons. The van der Waals surface area contributed by atoms with E-state index >= 15 is 0 Å². The summed E-state index contributed by atoms with van der Waals surface area (Å²) in [5, 5.41) is 24.2. The molecule has 1 aromatic heterocycles. The van der Waals surface area contributed by atoms with Crippen LogP contribution in [0.15, 0.2) is 4.42 Å². The van der Waals surface area contributed by atoms with Crippen LogP contribution in [-0.4, -0.2) is 57.8 Å². The highest BCUT2D eigenvalue weighted by Gasteiger charge is 2.53. The molecule has 27 heavy (non-hydrogen) atoms. The molecule has 7 heteroatoms. The van der Waals surface area contributed by atoms with E-state index in [2.05, 4.69) is 31.1 Å². The maximum absolute atomic E-state index is 13.4. The van der Waals surface area contributed by atoms with Gasteiger partial charge in [0.25, 0.3) is 0 Å². The third-order valence-electron chi connectivity index (χ3n) is 6.63. The summed E-state index contributed by atoms with van der Waals surface area (Å²) in [4.78, 5) is 19.9. The zero-order chi connectivity index (χ0) is 19.5. The Bertz CT molecular complexity index is 725. The van der Waals surface area contributed by atoms with Gasteiger partial charge in [0.05, 0.1) is 18.8 Å². The summed E-state index contributed by atoms with van der Waals surface area (Å²) >= 11 is 0. The van der Waals surface area contributed by atoms with Gasteiger partial charge < -0.3 is 24.8 Å². The normalized spacial score (nSPS) is 36.4. The van der Waals surface area contributed by atoms with Gasteiger partial charge in [0.1, 0.15) is 11.5 Å². The van der Waals surface area contributed by atoms with E-state index in [1.807, 2.05) is 11.8 Å². The maximum atomic E-state index is 13.4. The Labute approximate surface area is 160 Å². The van der Waals surface area contributed by atoms with E-state index in [9.17, 15) is 15.0 Å². The molecule has 1 amide bonds. The fourth-order valence-electron chi connectivity index (χ4n) is 4.98.